The lowest BCUT2D eigenvalue weighted by atomic mass is 9.87. The molecule has 0 saturated heterocycles. The first kappa shape index (κ1) is 19.3. The van der Waals surface area contributed by atoms with E-state index in [-0.39, 0.29) is 23.3 Å². The van der Waals surface area contributed by atoms with Crippen LogP contribution >= 0.6 is 0 Å². The number of aromatic nitrogens is 1. The van der Waals surface area contributed by atoms with E-state index in [1.807, 2.05) is 32.0 Å². The Hall–Kier alpha value is -2.03. The summed E-state index contributed by atoms with van der Waals surface area (Å²) in [6.07, 6.45) is 0. The highest BCUT2D eigenvalue weighted by Gasteiger charge is 2.23. The number of carbonyl (C=O) groups excluding carboxylic acids is 1. The molecule has 2 aromatic rings. The number of ether oxygens (including phenoxy) is 1. The number of carbonyl (C=O) groups is 1. The van der Waals surface area contributed by atoms with Gasteiger partial charge in [0.2, 0.25) is 5.78 Å². The molecule has 3 nitrogen and oxygen atoms in total. The summed E-state index contributed by atoms with van der Waals surface area (Å²) in [7, 11) is 0. The zero-order valence-corrected chi connectivity index (χ0v) is 16.9. The highest BCUT2D eigenvalue weighted by molar-refractivity contribution is 5.98. The van der Waals surface area contributed by atoms with Crippen LogP contribution in [0.3, 0.4) is 0 Å². The molecule has 0 unspecified atom stereocenters. The molecule has 0 fully saturated rings. The van der Waals surface area contributed by atoms with Crippen molar-refractivity contribution >= 4 is 5.78 Å². The third-order valence-electron chi connectivity index (χ3n) is 4.49. The van der Waals surface area contributed by atoms with Gasteiger partial charge in [0, 0.05) is 22.5 Å². The highest BCUT2D eigenvalue weighted by atomic mass is 16.5. The first-order valence-electron chi connectivity index (χ1n) is 8.87. The number of nitrogens with zero attached hydrogens (tertiary/aromatic N) is 1. The number of ketones is 1. The van der Waals surface area contributed by atoms with E-state index < -0.39 is 0 Å². The van der Waals surface area contributed by atoms with Gasteiger partial charge in [0.1, 0.15) is 5.75 Å². The average molecular weight is 341 g/mol. The van der Waals surface area contributed by atoms with Gasteiger partial charge in [0.05, 0.1) is 0 Å². The maximum atomic E-state index is 12.6. The van der Waals surface area contributed by atoms with E-state index >= 15 is 0 Å². The Bertz CT molecular complexity index is 753. The van der Waals surface area contributed by atoms with Crippen molar-refractivity contribution in [2.75, 3.05) is 6.61 Å². The molecule has 25 heavy (non-hydrogen) atoms. The van der Waals surface area contributed by atoms with E-state index in [1.165, 1.54) is 5.56 Å². The predicted octanol–water partition coefficient (Wildman–Crippen LogP) is 5.42. The van der Waals surface area contributed by atoms with E-state index in [2.05, 4.69) is 58.2 Å². The molecule has 0 amide bonds. The predicted molar refractivity (Wildman–Crippen MR) is 104 cm³/mol. The zero-order chi connectivity index (χ0) is 19.0. The molecule has 1 aromatic carbocycles. The smallest absolute Gasteiger partial charge is 0.202 e. The van der Waals surface area contributed by atoms with Crippen LogP contribution in [0.2, 0.25) is 0 Å². The standard InChI is InChI=1S/C22H31NO2/c1-15-13-19(16(2)23(15)22(6,7)8)20(24)14-25-18-11-9-17(10-12-18)21(3,4)5/h9-13H,14H2,1-8H3. The minimum Gasteiger partial charge on any atom is -0.485 e. The molecule has 0 bridgehead atoms. The van der Waals surface area contributed by atoms with Crippen LogP contribution in [0.1, 0.15) is 68.9 Å². The Labute approximate surface area is 152 Å². The fraction of sp³-hybridized carbons (Fsp3) is 0.500. The third kappa shape index (κ3) is 4.33. The molecule has 1 heterocycles. The quantitative estimate of drug-likeness (QED) is 0.695. The molecule has 0 atom stereocenters. The topological polar surface area (TPSA) is 31.2 Å². The first-order valence-corrected chi connectivity index (χ1v) is 8.87. The number of aryl methyl sites for hydroxylation is 1. The summed E-state index contributed by atoms with van der Waals surface area (Å²) in [4.78, 5) is 12.6. The summed E-state index contributed by atoms with van der Waals surface area (Å²) in [6, 6.07) is 9.96. The number of hydrogen-bond acceptors (Lipinski definition) is 2. The van der Waals surface area contributed by atoms with Gasteiger partial charge < -0.3 is 9.30 Å². The Morgan fingerprint density at radius 1 is 1.00 bits per heavy atom. The van der Waals surface area contributed by atoms with Gasteiger partial charge in [-0.05, 0) is 63.8 Å². The van der Waals surface area contributed by atoms with Crippen LogP contribution in [0.15, 0.2) is 30.3 Å². The van der Waals surface area contributed by atoms with Gasteiger partial charge in [-0.1, -0.05) is 32.9 Å². The Morgan fingerprint density at radius 3 is 2.00 bits per heavy atom. The molecule has 2 rings (SSSR count). The molecule has 3 heteroatoms. The monoisotopic (exact) mass is 341 g/mol. The van der Waals surface area contributed by atoms with Crippen LogP contribution < -0.4 is 4.74 Å². The molecule has 0 aliphatic carbocycles. The van der Waals surface area contributed by atoms with Crippen molar-refractivity contribution in [1.82, 2.24) is 4.57 Å². The first-order chi connectivity index (χ1) is 11.4. The fourth-order valence-corrected chi connectivity index (χ4v) is 3.36. The van der Waals surface area contributed by atoms with Crippen molar-refractivity contribution in [2.45, 2.75) is 66.3 Å². The Kier molecular flexibility index (Phi) is 5.17. The largest absolute Gasteiger partial charge is 0.485 e. The number of benzene rings is 1. The lowest BCUT2D eigenvalue weighted by molar-refractivity contribution is 0.0920. The molecule has 0 spiro atoms. The van der Waals surface area contributed by atoms with Crippen molar-refractivity contribution in [2.24, 2.45) is 0 Å². The minimum absolute atomic E-state index is 0.0171. The highest BCUT2D eigenvalue weighted by Crippen LogP contribution is 2.26. The van der Waals surface area contributed by atoms with Crippen LogP contribution in [0.4, 0.5) is 0 Å². The number of Topliss-reactive ketones (excluding diaryl/α,β-unsaturated/α-hetero) is 1. The molecule has 0 aliphatic heterocycles. The van der Waals surface area contributed by atoms with E-state index in [0.717, 1.165) is 22.7 Å². The van der Waals surface area contributed by atoms with Crippen molar-refractivity contribution < 1.29 is 9.53 Å². The van der Waals surface area contributed by atoms with Gasteiger partial charge >= 0.3 is 0 Å². The summed E-state index contributed by atoms with van der Waals surface area (Å²) in [5.74, 6) is 0.745. The van der Waals surface area contributed by atoms with Gasteiger partial charge in [-0.15, -0.1) is 0 Å². The maximum absolute atomic E-state index is 12.6. The summed E-state index contributed by atoms with van der Waals surface area (Å²) >= 11 is 0. The molecule has 136 valence electrons. The van der Waals surface area contributed by atoms with E-state index in [4.69, 9.17) is 4.74 Å². The molecule has 1 aromatic heterocycles. The normalized spacial score (nSPS) is 12.3. The molecule has 0 aliphatic rings. The zero-order valence-electron chi connectivity index (χ0n) is 16.9. The van der Waals surface area contributed by atoms with Gasteiger partial charge in [0.25, 0.3) is 0 Å². The molecule has 0 N–H and O–H groups in total. The summed E-state index contributed by atoms with van der Waals surface area (Å²) in [5, 5.41) is 0. The van der Waals surface area contributed by atoms with Gasteiger partial charge in [-0.3, -0.25) is 4.79 Å². The van der Waals surface area contributed by atoms with Crippen LogP contribution in [-0.4, -0.2) is 17.0 Å². The van der Waals surface area contributed by atoms with Crippen LogP contribution in [0.25, 0.3) is 0 Å². The van der Waals surface area contributed by atoms with Crippen molar-refractivity contribution in [3.8, 4) is 5.75 Å². The second kappa shape index (κ2) is 6.70. The second-order valence-electron chi connectivity index (χ2n) is 8.78. The molecular weight excluding hydrogens is 310 g/mol. The summed E-state index contributed by atoms with van der Waals surface area (Å²) in [5.41, 5.74) is 4.16. The molecule has 0 radical (unpaired) electrons. The van der Waals surface area contributed by atoms with Crippen molar-refractivity contribution in [1.29, 1.82) is 0 Å². The maximum Gasteiger partial charge on any atom is 0.202 e. The molecule has 0 saturated carbocycles. The second-order valence-corrected chi connectivity index (χ2v) is 8.78. The summed E-state index contributed by atoms with van der Waals surface area (Å²) in [6.45, 7) is 17.1. The average Bonchev–Trinajstić information content (AvgIpc) is 2.79. The van der Waals surface area contributed by atoms with Gasteiger partial charge in [-0.25, -0.2) is 0 Å². The van der Waals surface area contributed by atoms with E-state index in [9.17, 15) is 4.79 Å². The molecular formula is C22H31NO2. The lowest BCUT2D eigenvalue weighted by Gasteiger charge is -2.25. The number of rotatable bonds is 4. The van der Waals surface area contributed by atoms with Crippen LogP contribution in [0.5, 0.6) is 5.75 Å². The van der Waals surface area contributed by atoms with Gasteiger partial charge in [-0.2, -0.15) is 0 Å². The fourth-order valence-electron chi connectivity index (χ4n) is 3.36. The van der Waals surface area contributed by atoms with E-state index in [0.29, 0.717) is 0 Å². The van der Waals surface area contributed by atoms with Crippen molar-refractivity contribution in [3.63, 3.8) is 0 Å². The van der Waals surface area contributed by atoms with Crippen molar-refractivity contribution in [3.05, 3.63) is 52.8 Å². The Balaban J connectivity index is 2.11. The van der Waals surface area contributed by atoms with Crippen LogP contribution in [-0.2, 0) is 11.0 Å². The van der Waals surface area contributed by atoms with Gasteiger partial charge in [0.15, 0.2) is 6.61 Å². The third-order valence-corrected chi connectivity index (χ3v) is 4.49. The minimum atomic E-state index is -0.0453. The SMILES string of the molecule is Cc1cc(C(=O)COc2ccc(C(C)(C)C)cc2)c(C)n1C(C)(C)C. The Morgan fingerprint density at radius 2 is 1.56 bits per heavy atom. The van der Waals surface area contributed by atoms with Crippen LogP contribution in [0, 0.1) is 13.8 Å². The number of hydrogen-bond donors (Lipinski definition) is 0. The summed E-state index contributed by atoms with van der Waals surface area (Å²) < 4.78 is 7.93. The lowest BCUT2D eigenvalue weighted by Crippen LogP contribution is -2.24. The van der Waals surface area contributed by atoms with E-state index in [1.54, 1.807) is 0 Å².